The van der Waals surface area contributed by atoms with Gasteiger partial charge in [-0.3, -0.25) is 19.2 Å². The highest BCUT2D eigenvalue weighted by Crippen LogP contribution is 2.57. The maximum Gasteiger partial charge on any atom is 0.339 e. The van der Waals surface area contributed by atoms with Crippen LogP contribution in [0.25, 0.3) is 0 Å². The molecule has 22 heteroatoms. The number of ether oxygens (including phenoxy) is 8. The van der Waals surface area contributed by atoms with Crippen LogP contribution in [0.2, 0.25) is 0 Å². The summed E-state index contributed by atoms with van der Waals surface area (Å²) >= 11 is 17.8. The van der Waals surface area contributed by atoms with Gasteiger partial charge in [0, 0.05) is 37.3 Å². The van der Waals surface area contributed by atoms with Gasteiger partial charge in [-0.05, 0) is 110 Å². The van der Waals surface area contributed by atoms with Crippen molar-refractivity contribution in [1.82, 2.24) is 14.7 Å². The zero-order chi connectivity index (χ0) is 67.6. The van der Waals surface area contributed by atoms with Crippen molar-refractivity contribution in [3.05, 3.63) is 197 Å². The standard InChI is InChI=1S/C24H28ClNO6.2C24H26ClNO5/c1-17(27)21(12-13-25)23(28)26(14-18-8-10-20(31-2)11-9-18)22(24(29)30)16-32-15-19-6-4-3-5-7-19;2*1-23-20(12-13-25)21(27)26(14-17-8-10-19(29-2)11-9-17)24(23,22(28)31-23)16-30-15-18-6-4-3-5-7-18/h3-11,21-22H,12-16H2,1-2H3,(H,29,30);2*3-11,20H,12-16H2,1-2H3/t21?,22-;20-,23+,24?;20-,23-,24?/m010/s1. The summed E-state index contributed by atoms with van der Waals surface area (Å²) in [6.45, 7) is 6.31. The molecule has 94 heavy (non-hydrogen) atoms. The van der Waals surface area contributed by atoms with Gasteiger partial charge >= 0.3 is 17.9 Å². The smallest absolute Gasteiger partial charge is 0.339 e. The Bertz CT molecular complexity index is 3360. The maximum absolute atomic E-state index is 13.4. The number of alkyl halides is 3. The van der Waals surface area contributed by atoms with Gasteiger partial charge in [-0.2, -0.15) is 0 Å². The lowest BCUT2D eigenvalue weighted by atomic mass is 9.71. The number of rotatable bonds is 31. The predicted octanol–water partition coefficient (Wildman–Crippen LogP) is 10.6. The summed E-state index contributed by atoms with van der Waals surface area (Å²) in [6.07, 6.45) is 0.999. The Kier molecular flexibility index (Phi) is 25.1. The number of hydrogen-bond donors (Lipinski definition) is 1. The van der Waals surface area contributed by atoms with Gasteiger partial charge in [-0.15, -0.1) is 34.8 Å². The van der Waals surface area contributed by atoms with E-state index < -0.39 is 69.9 Å². The second-order valence-electron chi connectivity index (χ2n) is 23.6. The molecule has 6 aromatic rings. The number of carboxylic acid groups (broad SMARTS) is 1. The van der Waals surface area contributed by atoms with E-state index in [4.69, 9.17) is 72.7 Å². The van der Waals surface area contributed by atoms with Crippen molar-refractivity contribution in [3.8, 4) is 17.2 Å². The first kappa shape index (κ1) is 71.8. The molecule has 1 N–H and O–H groups in total. The summed E-state index contributed by atoms with van der Waals surface area (Å²) in [5, 5.41) is 9.90. The molecule has 500 valence electrons. The van der Waals surface area contributed by atoms with Crippen LogP contribution in [0.15, 0.2) is 164 Å². The summed E-state index contributed by atoms with van der Waals surface area (Å²) in [5.41, 5.74) is 1.07. The second-order valence-corrected chi connectivity index (χ2v) is 24.7. The lowest BCUT2D eigenvalue weighted by Crippen LogP contribution is -2.76. The average Bonchev–Trinajstić information content (AvgIpc) is 1.51. The monoisotopic (exact) mass is 1350 g/mol. The Hall–Kier alpha value is -8.04. The van der Waals surface area contributed by atoms with Crippen molar-refractivity contribution in [3.63, 3.8) is 0 Å². The highest BCUT2D eigenvalue weighted by Gasteiger charge is 2.81. The van der Waals surface area contributed by atoms with E-state index in [1.807, 2.05) is 153 Å². The third-order valence-electron chi connectivity index (χ3n) is 18.0. The van der Waals surface area contributed by atoms with E-state index in [1.165, 1.54) is 11.8 Å². The minimum absolute atomic E-state index is 0.000553. The minimum atomic E-state index is -1.27. The highest BCUT2D eigenvalue weighted by atomic mass is 35.5. The molecule has 0 bridgehead atoms. The van der Waals surface area contributed by atoms with Crippen LogP contribution in [0.5, 0.6) is 17.2 Å². The number of fused-ring (bicyclic) bond motifs is 2. The SMILES string of the molecule is COc1ccc(CN(C(=O)C(CCCl)C(C)=O)[C@@H](COCc2ccccc2)C(=O)O)cc1.COc1ccc(CN2C(=O)[C@@H](CCCl)[C@]3(C)OC(=O)C23COCc2ccccc2)cc1.COc1ccc(CN2C(=O)[C@H](CCCl)[C@]3(C)OC(=O)C23COCc2ccccc2)cc1. The Morgan fingerprint density at radius 3 is 1.20 bits per heavy atom. The third kappa shape index (κ3) is 15.5. The number of amides is 3. The molecule has 0 saturated carbocycles. The number of ketones is 1. The Balaban J connectivity index is 0.000000181. The lowest BCUT2D eigenvalue weighted by molar-refractivity contribution is -0.244. The van der Waals surface area contributed by atoms with Gasteiger partial charge in [0.2, 0.25) is 28.8 Å². The molecule has 4 aliphatic heterocycles. The van der Waals surface area contributed by atoms with Crippen molar-refractivity contribution in [1.29, 1.82) is 0 Å². The van der Waals surface area contributed by atoms with E-state index in [0.29, 0.717) is 49.1 Å². The number of methoxy groups -OCH3 is 3. The van der Waals surface area contributed by atoms with Crippen LogP contribution >= 0.6 is 34.8 Å². The number of hydrogen-bond acceptors (Lipinski definition) is 15. The molecular formula is C72H80Cl3N3O16. The zero-order valence-corrected chi connectivity index (χ0v) is 55.8. The lowest BCUT2D eigenvalue weighted by Gasteiger charge is -2.53. The molecule has 0 aliphatic carbocycles. The minimum Gasteiger partial charge on any atom is -0.497 e. The maximum atomic E-state index is 13.4. The Morgan fingerprint density at radius 2 is 0.883 bits per heavy atom. The molecule has 0 spiro atoms. The van der Waals surface area contributed by atoms with Gasteiger partial charge in [-0.1, -0.05) is 127 Å². The summed E-state index contributed by atoms with van der Waals surface area (Å²) < 4.78 is 44.5. The number of carboxylic acids is 1. The van der Waals surface area contributed by atoms with E-state index in [2.05, 4.69) is 0 Å². The van der Waals surface area contributed by atoms with Gasteiger partial charge in [0.25, 0.3) is 0 Å². The number of nitrogens with zero attached hydrogens (tertiary/aromatic N) is 3. The molecule has 10 rings (SSSR count). The number of likely N-dealkylation sites (tertiary alicyclic amines) is 2. The quantitative estimate of drug-likeness (QED) is 0.0243. The fourth-order valence-electron chi connectivity index (χ4n) is 12.6. The molecule has 4 saturated heterocycles. The first-order valence-corrected chi connectivity index (χ1v) is 32.4. The topological polar surface area (TPSA) is 223 Å². The van der Waals surface area contributed by atoms with Crippen molar-refractivity contribution in [2.24, 2.45) is 17.8 Å². The molecule has 4 aliphatic rings. The summed E-state index contributed by atoms with van der Waals surface area (Å²) in [4.78, 5) is 94.7. The fourth-order valence-corrected chi connectivity index (χ4v) is 13.2. The van der Waals surface area contributed by atoms with Crippen molar-refractivity contribution < 1.29 is 76.6 Å². The van der Waals surface area contributed by atoms with Crippen LogP contribution in [0, 0.1) is 17.8 Å². The van der Waals surface area contributed by atoms with Gasteiger partial charge in [-0.25, -0.2) is 14.4 Å². The molecular weight excluding hydrogens is 1270 g/mol. The van der Waals surface area contributed by atoms with Crippen molar-refractivity contribution in [2.75, 3.05) is 58.8 Å². The van der Waals surface area contributed by atoms with E-state index in [1.54, 1.807) is 55.4 Å². The van der Waals surface area contributed by atoms with E-state index in [-0.39, 0.29) is 76.0 Å². The van der Waals surface area contributed by atoms with Crippen LogP contribution in [-0.4, -0.2) is 148 Å². The fraction of sp³-hybridized carbons (Fsp3) is 0.403. The number of halogens is 3. The first-order chi connectivity index (χ1) is 45.3. The van der Waals surface area contributed by atoms with Gasteiger partial charge in [0.15, 0.2) is 17.2 Å². The molecule has 3 amide bonds. The van der Waals surface area contributed by atoms with Gasteiger partial charge < -0.3 is 57.7 Å². The summed E-state index contributed by atoms with van der Waals surface area (Å²) in [5.74, 6) is -2.47. The zero-order valence-electron chi connectivity index (χ0n) is 53.6. The van der Waals surface area contributed by atoms with Crippen LogP contribution < -0.4 is 14.2 Å². The van der Waals surface area contributed by atoms with E-state index in [9.17, 15) is 38.7 Å². The first-order valence-electron chi connectivity index (χ1n) is 30.8. The molecule has 19 nitrogen and oxygen atoms in total. The van der Waals surface area contributed by atoms with Crippen molar-refractivity contribution >= 4 is 76.2 Å². The van der Waals surface area contributed by atoms with Crippen LogP contribution in [0.3, 0.4) is 0 Å². The number of aliphatic carboxylic acids is 1. The summed E-state index contributed by atoms with van der Waals surface area (Å²) in [6, 6.07) is 49.3. The molecule has 4 heterocycles. The van der Waals surface area contributed by atoms with Crippen molar-refractivity contribution in [2.45, 2.75) is 108 Å². The summed E-state index contributed by atoms with van der Waals surface area (Å²) in [7, 11) is 4.74. The molecule has 3 unspecified atom stereocenters. The average molecular weight is 1350 g/mol. The van der Waals surface area contributed by atoms with Crippen LogP contribution in [-0.2, 0) is 96.7 Å². The highest BCUT2D eigenvalue weighted by molar-refractivity contribution is 6.19. The van der Waals surface area contributed by atoms with E-state index >= 15 is 0 Å². The molecule has 8 atom stereocenters. The number of Topliss-reactive ketones (excluding diaryl/α,β-unsaturated/α-hetero) is 1. The molecule has 0 aromatic heterocycles. The van der Waals surface area contributed by atoms with Gasteiger partial charge in [0.1, 0.15) is 23.0 Å². The number of benzene rings is 6. The van der Waals surface area contributed by atoms with Gasteiger partial charge in [0.05, 0.1) is 78.7 Å². The number of esters is 2. The molecule has 4 fully saturated rings. The Labute approximate surface area is 563 Å². The largest absolute Gasteiger partial charge is 0.497 e. The second kappa shape index (κ2) is 32.9. The number of carbonyl (C=O) groups excluding carboxylic acids is 6. The van der Waals surface area contributed by atoms with Crippen LogP contribution in [0.4, 0.5) is 0 Å². The molecule has 0 radical (unpaired) electrons. The third-order valence-corrected chi connectivity index (χ3v) is 18.6. The predicted molar refractivity (Wildman–Crippen MR) is 352 cm³/mol. The normalized spacial score (nSPS) is 22.1. The Morgan fingerprint density at radius 1 is 0.521 bits per heavy atom. The van der Waals surface area contributed by atoms with Crippen LogP contribution in [0.1, 0.15) is 73.4 Å². The van der Waals surface area contributed by atoms with E-state index in [0.717, 1.165) is 39.3 Å². The number of carbonyl (C=O) groups is 7. The molecule has 6 aromatic carbocycles.